The van der Waals surface area contributed by atoms with Crippen molar-refractivity contribution in [3.63, 3.8) is 0 Å². The van der Waals surface area contributed by atoms with Gasteiger partial charge in [0.15, 0.2) is 9.84 Å². The number of pyridine rings is 1. The SMILES string of the molecule is CC(C)(CN)S(=O)(=O)C1(CN2CCn3c(ccc(C(=O)NCc4ccc(C#N)cc4)c3=O)C2=O)CC1. The number of carbonyl (C=O) groups is 2. The number of nitrogens with zero attached hydrogens (tertiary/aromatic N) is 3. The lowest BCUT2D eigenvalue weighted by Crippen LogP contribution is -2.54. The van der Waals surface area contributed by atoms with Gasteiger partial charge < -0.3 is 20.5 Å². The average molecular weight is 512 g/mol. The Bertz CT molecular complexity index is 1420. The molecule has 3 N–H and O–H groups in total. The number of fused-ring (bicyclic) bond motifs is 1. The van der Waals surface area contributed by atoms with Gasteiger partial charge in [-0.15, -0.1) is 0 Å². The Morgan fingerprint density at radius 3 is 2.39 bits per heavy atom. The Hall–Kier alpha value is -3.49. The molecule has 0 atom stereocenters. The van der Waals surface area contributed by atoms with Crippen LogP contribution in [0.15, 0.2) is 41.2 Å². The Morgan fingerprint density at radius 2 is 1.81 bits per heavy atom. The minimum atomic E-state index is -3.59. The second-order valence-electron chi connectivity index (χ2n) is 9.96. The number of sulfone groups is 1. The number of benzene rings is 1. The molecule has 1 aliphatic carbocycles. The highest BCUT2D eigenvalue weighted by Crippen LogP contribution is 2.48. The van der Waals surface area contributed by atoms with Crippen LogP contribution in [0, 0.1) is 11.3 Å². The van der Waals surface area contributed by atoms with Gasteiger partial charge >= 0.3 is 0 Å². The Labute approximate surface area is 209 Å². The fourth-order valence-electron chi connectivity index (χ4n) is 4.46. The molecular weight excluding hydrogens is 482 g/mol. The third-order valence-electron chi connectivity index (χ3n) is 7.13. The van der Waals surface area contributed by atoms with Crippen LogP contribution in [0.1, 0.15) is 58.7 Å². The molecule has 1 aromatic carbocycles. The zero-order chi connectivity index (χ0) is 26.3. The van der Waals surface area contributed by atoms with Crippen molar-refractivity contribution in [3.8, 4) is 6.07 Å². The van der Waals surface area contributed by atoms with Gasteiger partial charge in [0.1, 0.15) is 11.3 Å². The minimum absolute atomic E-state index is 0.0146. The predicted molar refractivity (Wildman–Crippen MR) is 133 cm³/mol. The van der Waals surface area contributed by atoms with Gasteiger partial charge in [0.2, 0.25) is 0 Å². The van der Waals surface area contributed by atoms with Crippen LogP contribution in [0.5, 0.6) is 0 Å². The van der Waals surface area contributed by atoms with Crippen LogP contribution in [-0.4, -0.2) is 58.8 Å². The maximum Gasteiger partial charge on any atom is 0.270 e. The highest BCUT2D eigenvalue weighted by atomic mass is 32.2. The van der Waals surface area contributed by atoms with E-state index in [1.165, 1.54) is 21.6 Å². The molecule has 1 saturated carbocycles. The maximum atomic E-state index is 13.2. The van der Waals surface area contributed by atoms with E-state index in [1.807, 2.05) is 6.07 Å². The van der Waals surface area contributed by atoms with E-state index in [2.05, 4.69) is 5.32 Å². The van der Waals surface area contributed by atoms with Gasteiger partial charge in [0, 0.05) is 32.7 Å². The van der Waals surface area contributed by atoms with Crippen molar-refractivity contribution in [3.05, 3.63) is 69.1 Å². The lowest BCUT2D eigenvalue weighted by Gasteiger charge is -2.35. The molecular formula is C25H29N5O5S. The number of hydrogen-bond acceptors (Lipinski definition) is 7. The first-order valence-corrected chi connectivity index (χ1v) is 13.2. The number of aromatic nitrogens is 1. The van der Waals surface area contributed by atoms with E-state index in [1.54, 1.807) is 38.1 Å². The lowest BCUT2D eigenvalue weighted by atomic mass is 10.1. The molecule has 2 amide bonds. The number of amides is 2. The topological polar surface area (TPSA) is 155 Å². The quantitative estimate of drug-likeness (QED) is 0.531. The zero-order valence-electron chi connectivity index (χ0n) is 20.3. The van der Waals surface area contributed by atoms with E-state index in [4.69, 9.17) is 11.0 Å². The molecule has 0 saturated heterocycles. The Morgan fingerprint density at radius 1 is 1.14 bits per heavy atom. The van der Waals surface area contributed by atoms with Crippen LogP contribution in [0.2, 0.25) is 0 Å². The Kier molecular flexibility index (Phi) is 6.53. The number of rotatable bonds is 8. The standard InChI is InChI=1S/C25H29N5O5S/c1-24(2,15-27)36(34,35)25(9-10-25)16-29-11-12-30-20(23(29)33)8-7-19(22(30)32)21(31)28-14-18-5-3-17(13-26)4-6-18/h3-8H,9-12,14-16,27H2,1-2H3,(H,28,31). The summed E-state index contributed by atoms with van der Waals surface area (Å²) in [5.41, 5.74) is 6.47. The molecule has 2 heterocycles. The van der Waals surface area contributed by atoms with Crippen molar-refractivity contribution in [2.75, 3.05) is 19.6 Å². The van der Waals surface area contributed by atoms with Crippen molar-refractivity contribution in [1.29, 1.82) is 5.26 Å². The van der Waals surface area contributed by atoms with E-state index in [0.29, 0.717) is 18.4 Å². The number of hydrogen-bond donors (Lipinski definition) is 2. The first-order chi connectivity index (χ1) is 17.0. The van der Waals surface area contributed by atoms with Gasteiger partial charge in [-0.25, -0.2) is 8.42 Å². The van der Waals surface area contributed by atoms with Crippen LogP contribution in [0.25, 0.3) is 0 Å². The molecule has 1 aliphatic heterocycles. The Balaban J connectivity index is 1.49. The first-order valence-electron chi connectivity index (χ1n) is 11.7. The average Bonchev–Trinajstić information content (AvgIpc) is 3.66. The molecule has 10 nitrogen and oxygen atoms in total. The van der Waals surface area contributed by atoms with Gasteiger partial charge in [0.25, 0.3) is 17.4 Å². The first kappa shape index (κ1) is 25.6. The van der Waals surface area contributed by atoms with Gasteiger partial charge in [-0.05, 0) is 56.5 Å². The maximum absolute atomic E-state index is 13.2. The molecule has 36 heavy (non-hydrogen) atoms. The van der Waals surface area contributed by atoms with Crippen molar-refractivity contribution < 1.29 is 18.0 Å². The fraction of sp³-hybridized carbons (Fsp3) is 0.440. The van der Waals surface area contributed by atoms with E-state index >= 15 is 0 Å². The zero-order valence-corrected chi connectivity index (χ0v) is 21.1. The summed E-state index contributed by atoms with van der Waals surface area (Å²) in [6, 6.07) is 11.5. The predicted octanol–water partition coefficient (Wildman–Crippen LogP) is 0.790. The monoisotopic (exact) mass is 511 g/mol. The second kappa shape index (κ2) is 9.19. The lowest BCUT2D eigenvalue weighted by molar-refractivity contribution is 0.0694. The molecule has 1 fully saturated rings. The number of nitrogens with one attached hydrogen (secondary N) is 1. The summed E-state index contributed by atoms with van der Waals surface area (Å²) < 4.78 is 25.6. The molecule has 4 rings (SSSR count). The third kappa shape index (κ3) is 4.31. The summed E-state index contributed by atoms with van der Waals surface area (Å²) in [6.45, 7) is 3.74. The fourth-order valence-corrected chi connectivity index (χ4v) is 6.82. The number of nitriles is 1. The molecule has 1 aromatic heterocycles. The third-order valence-corrected chi connectivity index (χ3v) is 10.4. The molecule has 0 bridgehead atoms. The van der Waals surface area contributed by atoms with Crippen LogP contribution in [-0.2, 0) is 22.9 Å². The van der Waals surface area contributed by atoms with Gasteiger partial charge in [0.05, 0.1) is 21.1 Å². The van der Waals surface area contributed by atoms with Gasteiger partial charge in [-0.3, -0.25) is 14.4 Å². The smallest absolute Gasteiger partial charge is 0.270 e. The summed E-state index contributed by atoms with van der Waals surface area (Å²) >= 11 is 0. The summed E-state index contributed by atoms with van der Waals surface area (Å²) in [5.74, 6) is -1.00. The summed E-state index contributed by atoms with van der Waals surface area (Å²) in [4.78, 5) is 40.4. The van der Waals surface area contributed by atoms with E-state index < -0.39 is 36.7 Å². The van der Waals surface area contributed by atoms with Crippen LogP contribution in [0.4, 0.5) is 0 Å². The summed E-state index contributed by atoms with van der Waals surface area (Å²) in [5, 5.41) is 11.6. The molecule has 0 spiro atoms. The van der Waals surface area contributed by atoms with Crippen LogP contribution in [0.3, 0.4) is 0 Å². The molecule has 190 valence electrons. The summed E-state index contributed by atoms with van der Waals surface area (Å²) in [6.07, 6.45) is 0.932. The van der Waals surface area contributed by atoms with Gasteiger partial charge in [-0.2, -0.15) is 5.26 Å². The van der Waals surface area contributed by atoms with Crippen molar-refractivity contribution in [2.45, 2.75) is 49.3 Å². The van der Waals surface area contributed by atoms with Crippen molar-refractivity contribution in [1.82, 2.24) is 14.8 Å². The summed E-state index contributed by atoms with van der Waals surface area (Å²) in [7, 11) is -3.59. The largest absolute Gasteiger partial charge is 0.348 e. The van der Waals surface area contributed by atoms with E-state index in [0.717, 1.165) is 5.56 Å². The number of nitrogens with two attached hydrogens (primary N) is 1. The normalized spacial score (nSPS) is 16.7. The second-order valence-corrected chi connectivity index (χ2v) is 12.9. The van der Waals surface area contributed by atoms with Crippen molar-refractivity contribution in [2.24, 2.45) is 5.73 Å². The van der Waals surface area contributed by atoms with Crippen LogP contribution < -0.4 is 16.6 Å². The molecule has 0 radical (unpaired) electrons. The molecule has 0 unspecified atom stereocenters. The number of carbonyl (C=O) groups excluding carboxylic acids is 2. The highest BCUT2D eigenvalue weighted by Gasteiger charge is 2.60. The highest BCUT2D eigenvalue weighted by molar-refractivity contribution is 7.94. The molecule has 11 heteroatoms. The minimum Gasteiger partial charge on any atom is -0.348 e. The van der Waals surface area contributed by atoms with E-state index in [9.17, 15) is 22.8 Å². The van der Waals surface area contributed by atoms with E-state index in [-0.39, 0.29) is 44.0 Å². The van der Waals surface area contributed by atoms with Crippen LogP contribution >= 0.6 is 0 Å². The van der Waals surface area contributed by atoms with Gasteiger partial charge in [-0.1, -0.05) is 12.1 Å². The molecule has 2 aromatic rings. The molecule has 2 aliphatic rings. The van der Waals surface area contributed by atoms with Crippen molar-refractivity contribution >= 4 is 21.7 Å².